The van der Waals surface area contributed by atoms with Crippen LogP contribution < -0.4 is 19.7 Å². The standard InChI is InChI=1S/C13H14N2O4S/c1-7-11(20-13(17)14-7)12(16)15-9-6-8(18-2)4-5-10(9)19-3/h4-6H,1-3H3,(H,14,17)(H,15,16). The van der Waals surface area contributed by atoms with E-state index < -0.39 is 0 Å². The molecule has 6 nitrogen and oxygen atoms in total. The molecule has 20 heavy (non-hydrogen) atoms. The minimum atomic E-state index is -0.364. The molecule has 1 aromatic heterocycles. The molecule has 1 aromatic carbocycles. The molecule has 2 aromatic rings. The molecule has 0 bridgehead atoms. The summed E-state index contributed by atoms with van der Waals surface area (Å²) < 4.78 is 10.3. The van der Waals surface area contributed by atoms with Crippen molar-refractivity contribution in [2.45, 2.75) is 6.92 Å². The molecule has 0 aliphatic rings. The number of carbonyl (C=O) groups is 1. The van der Waals surface area contributed by atoms with Crippen LogP contribution in [0.1, 0.15) is 15.4 Å². The number of thiazole rings is 1. The van der Waals surface area contributed by atoms with Crippen LogP contribution in [-0.4, -0.2) is 25.1 Å². The van der Waals surface area contributed by atoms with Gasteiger partial charge >= 0.3 is 4.87 Å². The number of aromatic nitrogens is 1. The van der Waals surface area contributed by atoms with E-state index in [-0.39, 0.29) is 10.8 Å². The lowest BCUT2D eigenvalue weighted by atomic mass is 10.2. The Morgan fingerprint density at radius 1 is 1.30 bits per heavy atom. The summed E-state index contributed by atoms with van der Waals surface area (Å²) in [6.45, 7) is 1.68. The van der Waals surface area contributed by atoms with E-state index in [2.05, 4.69) is 10.3 Å². The number of methoxy groups -OCH3 is 2. The Labute approximate surface area is 119 Å². The Morgan fingerprint density at radius 2 is 2.05 bits per heavy atom. The van der Waals surface area contributed by atoms with Crippen LogP contribution in [0.4, 0.5) is 5.69 Å². The van der Waals surface area contributed by atoms with E-state index in [1.165, 1.54) is 14.2 Å². The van der Waals surface area contributed by atoms with E-state index >= 15 is 0 Å². The largest absolute Gasteiger partial charge is 0.497 e. The van der Waals surface area contributed by atoms with Crippen LogP contribution in [0.3, 0.4) is 0 Å². The molecule has 0 atom stereocenters. The first-order valence-corrected chi connectivity index (χ1v) is 6.60. The fourth-order valence-electron chi connectivity index (χ4n) is 1.71. The predicted molar refractivity (Wildman–Crippen MR) is 77.2 cm³/mol. The van der Waals surface area contributed by atoms with Crippen LogP contribution in [0.15, 0.2) is 23.0 Å². The topological polar surface area (TPSA) is 80.4 Å². The number of H-pyrrole nitrogens is 1. The maximum absolute atomic E-state index is 12.2. The molecule has 7 heteroatoms. The third-order valence-electron chi connectivity index (χ3n) is 2.69. The molecule has 1 amide bonds. The molecular formula is C13H14N2O4S. The number of hydrogen-bond donors (Lipinski definition) is 2. The molecule has 1 heterocycles. The molecule has 0 saturated carbocycles. The van der Waals surface area contributed by atoms with Crippen LogP contribution in [0.5, 0.6) is 11.5 Å². The number of carbonyl (C=O) groups excluding carboxylic acids is 1. The van der Waals surface area contributed by atoms with Crippen LogP contribution in [0.2, 0.25) is 0 Å². The second-order valence-electron chi connectivity index (χ2n) is 3.99. The first-order valence-electron chi connectivity index (χ1n) is 5.78. The molecule has 106 valence electrons. The van der Waals surface area contributed by atoms with E-state index in [1.54, 1.807) is 25.1 Å². The highest BCUT2D eigenvalue weighted by Crippen LogP contribution is 2.29. The monoisotopic (exact) mass is 294 g/mol. The minimum Gasteiger partial charge on any atom is -0.497 e. The van der Waals surface area contributed by atoms with Gasteiger partial charge in [0.25, 0.3) is 5.91 Å². The van der Waals surface area contributed by atoms with Crippen molar-refractivity contribution in [1.82, 2.24) is 4.98 Å². The maximum atomic E-state index is 12.2. The third kappa shape index (κ3) is 2.83. The van der Waals surface area contributed by atoms with Gasteiger partial charge in [0, 0.05) is 11.8 Å². The lowest BCUT2D eigenvalue weighted by Crippen LogP contribution is -2.12. The summed E-state index contributed by atoms with van der Waals surface area (Å²) >= 11 is 0.870. The lowest BCUT2D eigenvalue weighted by molar-refractivity contribution is 0.102. The zero-order valence-electron chi connectivity index (χ0n) is 11.3. The number of aromatic amines is 1. The van der Waals surface area contributed by atoms with Gasteiger partial charge in [0.2, 0.25) is 0 Å². The second-order valence-corrected chi connectivity index (χ2v) is 4.97. The highest BCUT2D eigenvalue weighted by Gasteiger charge is 2.15. The van der Waals surface area contributed by atoms with Gasteiger partial charge in [0.1, 0.15) is 16.4 Å². The van der Waals surface area contributed by atoms with Gasteiger partial charge in [0.15, 0.2) is 0 Å². The van der Waals surface area contributed by atoms with Crippen molar-refractivity contribution in [3.05, 3.63) is 38.4 Å². The van der Waals surface area contributed by atoms with Gasteiger partial charge in [0.05, 0.1) is 19.9 Å². The zero-order valence-corrected chi connectivity index (χ0v) is 12.1. The smallest absolute Gasteiger partial charge is 0.305 e. The van der Waals surface area contributed by atoms with E-state index in [1.807, 2.05) is 0 Å². The van der Waals surface area contributed by atoms with Gasteiger partial charge in [-0.15, -0.1) is 0 Å². The highest BCUT2D eigenvalue weighted by molar-refractivity contribution is 7.11. The average Bonchev–Trinajstić information content (AvgIpc) is 2.77. The molecular weight excluding hydrogens is 280 g/mol. The SMILES string of the molecule is COc1ccc(OC)c(NC(=O)c2sc(=O)[nH]c2C)c1. The molecule has 0 unspecified atom stereocenters. The fraction of sp³-hybridized carbons (Fsp3) is 0.231. The van der Waals surface area contributed by atoms with Crippen molar-refractivity contribution in [1.29, 1.82) is 0 Å². The number of nitrogens with one attached hydrogen (secondary N) is 2. The van der Waals surface area contributed by atoms with Crippen LogP contribution in [-0.2, 0) is 0 Å². The van der Waals surface area contributed by atoms with Gasteiger partial charge in [-0.1, -0.05) is 11.3 Å². The summed E-state index contributed by atoms with van der Waals surface area (Å²) in [6, 6.07) is 5.08. The van der Waals surface area contributed by atoms with Crippen molar-refractivity contribution in [3.63, 3.8) is 0 Å². The van der Waals surface area contributed by atoms with Crippen LogP contribution in [0.25, 0.3) is 0 Å². The molecule has 0 fully saturated rings. The Balaban J connectivity index is 2.31. The van der Waals surface area contributed by atoms with Crippen LogP contribution >= 0.6 is 11.3 Å². The molecule has 2 N–H and O–H groups in total. The molecule has 0 aliphatic carbocycles. The highest BCUT2D eigenvalue weighted by atomic mass is 32.1. The summed E-state index contributed by atoms with van der Waals surface area (Å²) in [4.78, 5) is 26.0. The maximum Gasteiger partial charge on any atom is 0.305 e. The van der Waals surface area contributed by atoms with Gasteiger partial charge in [-0.25, -0.2) is 0 Å². The van der Waals surface area contributed by atoms with Gasteiger partial charge in [-0.3, -0.25) is 9.59 Å². The van der Waals surface area contributed by atoms with Crippen molar-refractivity contribution in [2.75, 3.05) is 19.5 Å². The summed E-state index contributed by atoms with van der Waals surface area (Å²) in [5.74, 6) is 0.747. The molecule has 0 aliphatic heterocycles. The Hall–Kier alpha value is -2.28. The molecule has 0 radical (unpaired) electrons. The first-order chi connectivity index (χ1) is 9.55. The average molecular weight is 294 g/mol. The number of rotatable bonds is 4. The van der Waals surface area contributed by atoms with Gasteiger partial charge in [-0.05, 0) is 19.1 Å². The van der Waals surface area contributed by atoms with E-state index in [0.29, 0.717) is 27.8 Å². The Bertz CT molecular complexity index is 690. The van der Waals surface area contributed by atoms with Gasteiger partial charge < -0.3 is 19.8 Å². The van der Waals surface area contributed by atoms with Crippen molar-refractivity contribution in [2.24, 2.45) is 0 Å². The lowest BCUT2D eigenvalue weighted by Gasteiger charge is -2.11. The predicted octanol–water partition coefficient (Wildman–Crippen LogP) is 2.01. The van der Waals surface area contributed by atoms with Crippen LogP contribution in [0, 0.1) is 6.92 Å². The minimum absolute atomic E-state index is 0.259. The number of anilines is 1. The Morgan fingerprint density at radius 3 is 2.60 bits per heavy atom. The third-order valence-corrected chi connectivity index (χ3v) is 3.67. The van der Waals surface area contributed by atoms with E-state index in [4.69, 9.17) is 9.47 Å². The number of ether oxygens (including phenoxy) is 2. The first kappa shape index (κ1) is 14.1. The summed E-state index contributed by atoms with van der Waals surface area (Å²) in [5, 5.41) is 2.71. The fourth-order valence-corrected chi connectivity index (χ4v) is 2.45. The number of benzene rings is 1. The Kier molecular flexibility index (Phi) is 4.09. The normalized spacial score (nSPS) is 10.2. The summed E-state index contributed by atoms with van der Waals surface area (Å²) in [6.07, 6.45) is 0. The summed E-state index contributed by atoms with van der Waals surface area (Å²) in [5.41, 5.74) is 1.02. The second kappa shape index (κ2) is 5.79. The number of aryl methyl sites for hydroxylation is 1. The zero-order chi connectivity index (χ0) is 14.7. The molecule has 0 spiro atoms. The molecule has 0 saturated heterocycles. The van der Waals surface area contributed by atoms with Crippen molar-refractivity contribution < 1.29 is 14.3 Å². The van der Waals surface area contributed by atoms with Crippen molar-refractivity contribution in [3.8, 4) is 11.5 Å². The quantitative estimate of drug-likeness (QED) is 0.904. The van der Waals surface area contributed by atoms with E-state index in [0.717, 1.165) is 11.3 Å². The number of amides is 1. The number of hydrogen-bond acceptors (Lipinski definition) is 5. The molecule has 2 rings (SSSR count). The van der Waals surface area contributed by atoms with E-state index in [9.17, 15) is 9.59 Å². The van der Waals surface area contributed by atoms with Crippen molar-refractivity contribution >= 4 is 22.9 Å². The summed E-state index contributed by atoms with van der Waals surface area (Å²) in [7, 11) is 3.05. The van der Waals surface area contributed by atoms with Gasteiger partial charge in [-0.2, -0.15) is 0 Å².